The number of carbonyl (C=O) groups excluding carboxylic acids is 2. The minimum Gasteiger partial charge on any atom is -0.352 e. The molecule has 0 saturated heterocycles. The number of hydrogen-bond acceptors (Lipinski definition) is 4. The topological polar surface area (TPSA) is 95.6 Å². The number of nitrogens with one attached hydrogen (secondary N) is 2. The maximum atomic E-state index is 12.7. The Kier molecular flexibility index (Phi) is 6.80. The lowest BCUT2D eigenvalue weighted by atomic mass is 10.2. The van der Waals surface area contributed by atoms with Crippen LogP contribution in [0, 0.1) is 6.92 Å². The predicted octanol–water partition coefficient (Wildman–Crippen LogP) is 2.07. The Balaban J connectivity index is 2.07. The maximum absolute atomic E-state index is 12.7. The first-order valence-corrected chi connectivity index (χ1v) is 10.3. The van der Waals surface area contributed by atoms with Crippen LogP contribution in [0.3, 0.4) is 0 Å². The molecule has 0 fully saturated rings. The van der Waals surface area contributed by atoms with E-state index in [4.69, 9.17) is 0 Å². The summed E-state index contributed by atoms with van der Waals surface area (Å²) in [7, 11) is -2.24. The molecule has 2 rings (SSSR count). The van der Waals surface area contributed by atoms with E-state index in [-0.39, 0.29) is 23.4 Å². The van der Waals surface area contributed by atoms with E-state index in [2.05, 4.69) is 10.6 Å². The summed E-state index contributed by atoms with van der Waals surface area (Å²) in [5.41, 5.74) is 1.73. The molecule has 0 heterocycles. The summed E-state index contributed by atoms with van der Waals surface area (Å²) in [4.78, 5) is 23.9. The zero-order chi connectivity index (χ0) is 20.9. The molecule has 0 aliphatic heterocycles. The first-order chi connectivity index (χ1) is 13.1. The minimum atomic E-state index is -3.70. The third-order valence-electron chi connectivity index (χ3n) is 4.03. The van der Waals surface area contributed by atoms with Crippen LogP contribution in [0.1, 0.15) is 29.8 Å². The average Bonchev–Trinajstić information content (AvgIpc) is 2.65. The molecule has 2 aromatic carbocycles. The van der Waals surface area contributed by atoms with E-state index in [0.717, 1.165) is 9.87 Å². The van der Waals surface area contributed by atoms with Gasteiger partial charge in [0.2, 0.25) is 5.91 Å². The number of carbonyl (C=O) groups is 2. The summed E-state index contributed by atoms with van der Waals surface area (Å²) in [6.45, 7) is 5.43. The number of benzene rings is 2. The second-order valence-corrected chi connectivity index (χ2v) is 8.71. The fourth-order valence-electron chi connectivity index (χ4n) is 2.47. The van der Waals surface area contributed by atoms with Crippen LogP contribution < -0.4 is 14.9 Å². The Morgan fingerprint density at radius 3 is 2.11 bits per heavy atom. The van der Waals surface area contributed by atoms with E-state index in [1.807, 2.05) is 20.8 Å². The summed E-state index contributed by atoms with van der Waals surface area (Å²) in [5, 5.41) is 5.21. The first-order valence-electron chi connectivity index (χ1n) is 8.84. The van der Waals surface area contributed by atoms with Gasteiger partial charge in [-0.2, -0.15) is 0 Å². The van der Waals surface area contributed by atoms with Crippen LogP contribution >= 0.6 is 0 Å². The molecule has 0 atom stereocenters. The first kappa shape index (κ1) is 21.4. The van der Waals surface area contributed by atoms with E-state index in [1.54, 1.807) is 36.4 Å². The predicted molar refractivity (Wildman–Crippen MR) is 109 cm³/mol. The van der Waals surface area contributed by atoms with Gasteiger partial charge in [-0.3, -0.25) is 13.9 Å². The molecular weight excluding hydrogens is 378 g/mol. The van der Waals surface area contributed by atoms with Gasteiger partial charge in [0.15, 0.2) is 0 Å². The molecule has 2 amide bonds. The van der Waals surface area contributed by atoms with Crippen LogP contribution in [-0.2, 0) is 14.8 Å². The zero-order valence-corrected chi connectivity index (χ0v) is 17.2. The number of rotatable bonds is 7. The van der Waals surface area contributed by atoms with Crippen molar-refractivity contribution in [1.29, 1.82) is 0 Å². The van der Waals surface area contributed by atoms with Crippen LogP contribution in [0.25, 0.3) is 0 Å². The molecule has 0 radical (unpaired) electrons. The quantitative estimate of drug-likeness (QED) is 0.740. The fraction of sp³-hybridized carbons (Fsp3) is 0.300. The lowest BCUT2D eigenvalue weighted by Crippen LogP contribution is -2.39. The average molecular weight is 404 g/mol. The van der Waals surface area contributed by atoms with E-state index in [1.165, 1.54) is 19.2 Å². The highest BCUT2D eigenvalue weighted by Crippen LogP contribution is 2.22. The molecule has 0 saturated carbocycles. The van der Waals surface area contributed by atoms with Gasteiger partial charge in [-0.05, 0) is 57.2 Å². The molecule has 0 spiro atoms. The van der Waals surface area contributed by atoms with Gasteiger partial charge in [0.25, 0.3) is 15.9 Å². The summed E-state index contributed by atoms with van der Waals surface area (Å²) in [6.07, 6.45) is 0. The zero-order valence-electron chi connectivity index (χ0n) is 16.4. The molecule has 0 aromatic heterocycles. The Labute approximate surface area is 165 Å². The lowest BCUT2D eigenvalue weighted by Gasteiger charge is -2.20. The van der Waals surface area contributed by atoms with Crippen molar-refractivity contribution in [2.75, 3.05) is 17.9 Å². The van der Waals surface area contributed by atoms with Gasteiger partial charge < -0.3 is 10.6 Å². The largest absolute Gasteiger partial charge is 0.352 e. The number of anilines is 1. The number of amides is 2. The monoisotopic (exact) mass is 403 g/mol. The normalized spacial score (nSPS) is 11.2. The third-order valence-corrected chi connectivity index (χ3v) is 5.83. The fourth-order valence-corrected chi connectivity index (χ4v) is 3.66. The van der Waals surface area contributed by atoms with Gasteiger partial charge >= 0.3 is 0 Å². The molecule has 28 heavy (non-hydrogen) atoms. The number of aryl methyl sites for hydroxylation is 1. The molecule has 7 nitrogen and oxygen atoms in total. The Morgan fingerprint density at radius 2 is 1.57 bits per heavy atom. The van der Waals surface area contributed by atoms with Crippen molar-refractivity contribution in [1.82, 2.24) is 10.6 Å². The lowest BCUT2D eigenvalue weighted by molar-refractivity contribution is -0.120. The molecule has 150 valence electrons. The molecular formula is C20H25N3O4S. The summed E-state index contributed by atoms with van der Waals surface area (Å²) in [6, 6.07) is 12.7. The van der Waals surface area contributed by atoms with Gasteiger partial charge in [-0.25, -0.2) is 8.42 Å². The van der Waals surface area contributed by atoms with Gasteiger partial charge in [0.05, 0.1) is 17.1 Å². The van der Waals surface area contributed by atoms with Crippen molar-refractivity contribution >= 4 is 27.5 Å². The van der Waals surface area contributed by atoms with Gasteiger partial charge in [0.1, 0.15) is 0 Å². The van der Waals surface area contributed by atoms with Gasteiger partial charge in [0, 0.05) is 18.7 Å². The van der Waals surface area contributed by atoms with Crippen molar-refractivity contribution in [2.24, 2.45) is 0 Å². The van der Waals surface area contributed by atoms with E-state index in [9.17, 15) is 18.0 Å². The van der Waals surface area contributed by atoms with Gasteiger partial charge in [-0.15, -0.1) is 0 Å². The highest BCUT2D eigenvalue weighted by atomic mass is 32.2. The number of sulfonamides is 1. The summed E-state index contributed by atoms with van der Waals surface area (Å²) >= 11 is 0. The number of hydrogen-bond donors (Lipinski definition) is 2. The third kappa shape index (κ3) is 5.32. The molecule has 2 aromatic rings. The second kappa shape index (κ2) is 8.88. The van der Waals surface area contributed by atoms with Crippen LogP contribution in [-0.4, -0.2) is 39.9 Å². The molecule has 0 aliphatic carbocycles. The highest BCUT2D eigenvalue weighted by molar-refractivity contribution is 7.92. The van der Waals surface area contributed by atoms with E-state index >= 15 is 0 Å². The molecule has 0 unspecified atom stereocenters. The molecule has 0 bridgehead atoms. The minimum absolute atomic E-state index is 0.00491. The van der Waals surface area contributed by atoms with Gasteiger partial charge in [-0.1, -0.05) is 17.7 Å². The van der Waals surface area contributed by atoms with Crippen molar-refractivity contribution in [3.8, 4) is 0 Å². The van der Waals surface area contributed by atoms with Crippen molar-refractivity contribution in [2.45, 2.75) is 31.7 Å². The molecule has 2 N–H and O–H groups in total. The van der Waals surface area contributed by atoms with Crippen LogP contribution in [0.5, 0.6) is 0 Å². The number of nitrogens with zero attached hydrogens (tertiary/aromatic N) is 1. The van der Waals surface area contributed by atoms with Crippen molar-refractivity contribution in [3.63, 3.8) is 0 Å². The van der Waals surface area contributed by atoms with Crippen LogP contribution in [0.15, 0.2) is 53.4 Å². The molecule has 0 aliphatic rings. The maximum Gasteiger partial charge on any atom is 0.264 e. The Hall–Kier alpha value is -2.87. The Morgan fingerprint density at radius 1 is 1.00 bits per heavy atom. The smallest absolute Gasteiger partial charge is 0.264 e. The van der Waals surface area contributed by atoms with E-state index in [0.29, 0.717) is 11.3 Å². The Bertz CT molecular complexity index is 936. The van der Waals surface area contributed by atoms with E-state index < -0.39 is 15.9 Å². The summed E-state index contributed by atoms with van der Waals surface area (Å²) in [5.74, 6) is -0.682. The van der Waals surface area contributed by atoms with Crippen molar-refractivity contribution in [3.05, 3.63) is 59.7 Å². The second-order valence-electron chi connectivity index (χ2n) is 6.74. The SMILES string of the molecule is Cc1ccc(S(=O)(=O)N(C)c2ccc(C(=O)NCC(=O)NC(C)C)cc2)cc1. The summed E-state index contributed by atoms with van der Waals surface area (Å²) < 4.78 is 26.6. The van der Waals surface area contributed by atoms with Crippen LogP contribution in [0.4, 0.5) is 5.69 Å². The van der Waals surface area contributed by atoms with Crippen molar-refractivity contribution < 1.29 is 18.0 Å². The van der Waals surface area contributed by atoms with Crippen LogP contribution in [0.2, 0.25) is 0 Å². The highest BCUT2D eigenvalue weighted by Gasteiger charge is 2.21. The molecule has 8 heteroatoms. The standard InChI is InChI=1S/C20H25N3O4S/c1-14(2)22-19(24)13-21-20(25)16-7-9-17(10-8-16)23(4)28(26,27)18-11-5-15(3)6-12-18/h5-12,14H,13H2,1-4H3,(H,21,25)(H,22,24).